The molecule has 0 radical (unpaired) electrons. The summed E-state index contributed by atoms with van der Waals surface area (Å²) in [5, 5.41) is 4.92. The van der Waals surface area contributed by atoms with Crippen LogP contribution in [0.2, 0.25) is 10.0 Å². The lowest BCUT2D eigenvalue weighted by molar-refractivity contribution is 0.0527. The van der Waals surface area contributed by atoms with Gasteiger partial charge in [0.1, 0.15) is 11.3 Å². The van der Waals surface area contributed by atoms with Crippen LogP contribution in [0.25, 0.3) is 10.9 Å². The minimum atomic E-state index is -0.462. The van der Waals surface area contributed by atoms with Crippen molar-refractivity contribution in [2.45, 2.75) is 6.92 Å². The number of hydrogen-bond donors (Lipinski definition) is 1. The molecule has 2 heterocycles. The number of ether oxygens (including phenoxy) is 2. The standard InChI is InChI=1S/C24H26Cl2N4O3/c1-4-33-24(31)17-14-27-20-13-21(30-9-7-29(2)8-10-30)22(32-3)12-16(20)23(17)28-15-5-6-18(25)19(26)11-15/h5-6,11-14H,4,7-10H2,1-3H3,(H,27,28). The van der Waals surface area contributed by atoms with Gasteiger partial charge in [-0.1, -0.05) is 23.2 Å². The molecule has 1 N–H and O–H groups in total. The van der Waals surface area contributed by atoms with Gasteiger partial charge in [-0.2, -0.15) is 0 Å². The molecule has 0 saturated carbocycles. The second kappa shape index (κ2) is 10.0. The van der Waals surface area contributed by atoms with Crippen molar-refractivity contribution >= 4 is 57.1 Å². The summed E-state index contributed by atoms with van der Waals surface area (Å²) in [7, 11) is 3.77. The molecule has 7 nitrogen and oxygen atoms in total. The van der Waals surface area contributed by atoms with E-state index in [0.29, 0.717) is 32.7 Å². The number of nitrogens with one attached hydrogen (secondary N) is 1. The number of likely N-dealkylation sites (N-methyl/N-ethyl adjacent to an activating group) is 1. The zero-order chi connectivity index (χ0) is 23.5. The number of anilines is 3. The number of carbonyl (C=O) groups is 1. The van der Waals surface area contributed by atoms with Crippen molar-refractivity contribution in [2.24, 2.45) is 0 Å². The fourth-order valence-corrected chi connectivity index (χ4v) is 4.18. The molecule has 2 aromatic carbocycles. The van der Waals surface area contributed by atoms with Crippen LogP contribution in [0.1, 0.15) is 17.3 Å². The van der Waals surface area contributed by atoms with Gasteiger partial charge < -0.3 is 24.6 Å². The molecule has 0 spiro atoms. The Bertz CT molecular complexity index is 1180. The molecule has 4 rings (SSSR count). The average molecular weight is 489 g/mol. The number of methoxy groups -OCH3 is 1. The predicted molar refractivity (Wildman–Crippen MR) is 134 cm³/mol. The zero-order valence-corrected chi connectivity index (χ0v) is 20.3. The first-order valence-corrected chi connectivity index (χ1v) is 11.5. The van der Waals surface area contributed by atoms with E-state index in [2.05, 4.69) is 27.1 Å². The predicted octanol–water partition coefficient (Wildman–Crippen LogP) is 5.22. The number of rotatable bonds is 6. The molecular formula is C24H26Cl2N4O3. The van der Waals surface area contributed by atoms with Crippen LogP contribution in [-0.2, 0) is 4.74 Å². The highest BCUT2D eigenvalue weighted by molar-refractivity contribution is 6.42. The Morgan fingerprint density at radius 3 is 2.55 bits per heavy atom. The Balaban J connectivity index is 1.84. The molecule has 0 bridgehead atoms. The molecule has 33 heavy (non-hydrogen) atoms. The number of carbonyl (C=O) groups excluding carboxylic acids is 1. The van der Waals surface area contributed by atoms with Gasteiger partial charge in [-0.25, -0.2) is 4.79 Å². The lowest BCUT2D eigenvalue weighted by atomic mass is 10.1. The third-order valence-corrected chi connectivity index (χ3v) is 6.44. The largest absolute Gasteiger partial charge is 0.495 e. The Hall–Kier alpha value is -2.74. The summed E-state index contributed by atoms with van der Waals surface area (Å²) in [6, 6.07) is 9.13. The maximum absolute atomic E-state index is 12.7. The third-order valence-electron chi connectivity index (χ3n) is 5.70. The van der Waals surface area contributed by atoms with Gasteiger partial charge in [0, 0.05) is 43.4 Å². The second-order valence-corrected chi connectivity index (χ2v) is 8.67. The number of benzene rings is 2. The first kappa shape index (κ1) is 23.4. The summed E-state index contributed by atoms with van der Waals surface area (Å²) in [6.45, 7) is 5.76. The van der Waals surface area contributed by atoms with Crippen LogP contribution in [0.15, 0.2) is 36.5 Å². The van der Waals surface area contributed by atoms with Crippen LogP contribution in [0.3, 0.4) is 0 Å². The average Bonchev–Trinajstić information content (AvgIpc) is 2.81. The first-order chi connectivity index (χ1) is 15.9. The third kappa shape index (κ3) is 4.95. The van der Waals surface area contributed by atoms with E-state index in [9.17, 15) is 4.79 Å². The number of pyridine rings is 1. The van der Waals surface area contributed by atoms with Crippen LogP contribution in [-0.4, -0.2) is 62.8 Å². The van der Waals surface area contributed by atoms with E-state index in [1.807, 2.05) is 12.1 Å². The van der Waals surface area contributed by atoms with Gasteiger partial charge in [-0.15, -0.1) is 0 Å². The molecule has 9 heteroatoms. The van der Waals surface area contributed by atoms with E-state index in [0.717, 1.165) is 42.8 Å². The van der Waals surface area contributed by atoms with Crippen LogP contribution < -0.4 is 15.0 Å². The van der Waals surface area contributed by atoms with Crippen LogP contribution in [0.4, 0.5) is 17.1 Å². The SMILES string of the molecule is CCOC(=O)c1cnc2cc(N3CCN(C)CC3)c(OC)cc2c1Nc1ccc(Cl)c(Cl)c1. The summed E-state index contributed by atoms with van der Waals surface area (Å²) in [5.41, 5.74) is 3.30. The van der Waals surface area contributed by atoms with Crippen molar-refractivity contribution in [3.63, 3.8) is 0 Å². The molecule has 1 saturated heterocycles. The lowest BCUT2D eigenvalue weighted by Crippen LogP contribution is -2.44. The maximum atomic E-state index is 12.7. The van der Waals surface area contributed by atoms with Crippen molar-refractivity contribution in [3.8, 4) is 5.75 Å². The fourth-order valence-electron chi connectivity index (χ4n) is 3.88. The molecule has 0 unspecified atom stereocenters. The monoisotopic (exact) mass is 488 g/mol. The van der Waals surface area contributed by atoms with Crippen molar-refractivity contribution in [2.75, 3.05) is 57.2 Å². The minimum absolute atomic E-state index is 0.259. The van der Waals surface area contributed by atoms with Gasteiger partial charge in [-0.05, 0) is 44.3 Å². The smallest absolute Gasteiger partial charge is 0.341 e. The molecule has 1 aliphatic heterocycles. The quantitative estimate of drug-likeness (QED) is 0.476. The summed E-state index contributed by atoms with van der Waals surface area (Å²) in [4.78, 5) is 21.9. The number of nitrogens with zero attached hydrogens (tertiary/aromatic N) is 3. The molecule has 3 aromatic rings. The van der Waals surface area contributed by atoms with Gasteiger partial charge in [-0.3, -0.25) is 4.98 Å². The number of esters is 1. The second-order valence-electron chi connectivity index (χ2n) is 7.85. The topological polar surface area (TPSA) is 66.9 Å². The van der Waals surface area contributed by atoms with Crippen molar-refractivity contribution < 1.29 is 14.3 Å². The highest BCUT2D eigenvalue weighted by atomic mass is 35.5. The highest BCUT2D eigenvalue weighted by Gasteiger charge is 2.22. The Labute approximate surface area is 203 Å². The molecule has 174 valence electrons. The Morgan fingerprint density at radius 2 is 1.88 bits per heavy atom. The highest BCUT2D eigenvalue weighted by Crippen LogP contribution is 2.39. The van der Waals surface area contributed by atoms with E-state index < -0.39 is 5.97 Å². The van der Waals surface area contributed by atoms with E-state index >= 15 is 0 Å². The zero-order valence-electron chi connectivity index (χ0n) is 18.8. The molecule has 0 amide bonds. The summed E-state index contributed by atoms with van der Waals surface area (Å²) < 4.78 is 11.0. The summed E-state index contributed by atoms with van der Waals surface area (Å²) >= 11 is 12.3. The van der Waals surface area contributed by atoms with E-state index in [1.54, 1.807) is 38.4 Å². The molecule has 1 aromatic heterocycles. The van der Waals surface area contributed by atoms with Gasteiger partial charge >= 0.3 is 5.97 Å². The number of fused-ring (bicyclic) bond motifs is 1. The first-order valence-electron chi connectivity index (χ1n) is 10.7. The van der Waals surface area contributed by atoms with Crippen LogP contribution in [0.5, 0.6) is 5.75 Å². The summed E-state index contributed by atoms with van der Waals surface area (Å²) in [6.07, 6.45) is 1.54. The number of piperazine rings is 1. The van der Waals surface area contributed by atoms with Crippen molar-refractivity contribution in [3.05, 3.63) is 52.1 Å². The van der Waals surface area contributed by atoms with Gasteiger partial charge in [0.15, 0.2) is 0 Å². The van der Waals surface area contributed by atoms with Crippen molar-refractivity contribution in [1.82, 2.24) is 9.88 Å². The molecule has 0 aliphatic carbocycles. The Morgan fingerprint density at radius 1 is 1.12 bits per heavy atom. The van der Waals surface area contributed by atoms with E-state index in [4.69, 9.17) is 32.7 Å². The van der Waals surface area contributed by atoms with Gasteiger partial charge in [0.2, 0.25) is 0 Å². The molecule has 1 aliphatic rings. The lowest BCUT2D eigenvalue weighted by Gasteiger charge is -2.34. The normalized spacial score (nSPS) is 14.4. The number of aromatic nitrogens is 1. The van der Waals surface area contributed by atoms with E-state index in [1.165, 1.54) is 0 Å². The van der Waals surface area contributed by atoms with Crippen LogP contribution in [0, 0.1) is 0 Å². The number of halogens is 2. The van der Waals surface area contributed by atoms with Crippen molar-refractivity contribution in [1.29, 1.82) is 0 Å². The van der Waals surface area contributed by atoms with Gasteiger partial charge in [0.25, 0.3) is 0 Å². The fraction of sp³-hybridized carbons (Fsp3) is 0.333. The maximum Gasteiger partial charge on any atom is 0.341 e. The number of hydrogen-bond acceptors (Lipinski definition) is 7. The molecular weight excluding hydrogens is 463 g/mol. The molecule has 0 atom stereocenters. The molecule has 1 fully saturated rings. The minimum Gasteiger partial charge on any atom is -0.495 e. The van der Waals surface area contributed by atoms with Crippen LogP contribution >= 0.6 is 23.2 Å². The Kier molecular flexibility index (Phi) is 7.12. The van der Waals surface area contributed by atoms with E-state index in [-0.39, 0.29) is 6.61 Å². The van der Waals surface area contributed by atoms with Gasteiger partial charge in [0.05, 0.1) is 40.7 Å². The summed E-state index contributed by atoms with van der Waals surface area (Å²) in [5.74, 6) is 0.253.